The molecule has 134 valence electrons. The molecule has 1 nitrogen and oxygen atoms in total. The highest BCUT2D eigenvalue weighted by Gasteiger charge is 2.24. The zero-order valence-corrected chi connectivity index (χ0v) is 15.8. The summed E-state index contributed by atoms with van der Waals surface area (Å²) in [5.74, 6) is 4.07. The van der Waals surface area contributed by atoms with Crippen molar-refractivity contribution in [3.05, 3.63) is 24.3 Å². The summed E-state index contributed by atoms with van der Waals surface area (Å²) in [7, 11) is 0. The lowest BCUT2D eigenvalue weighted by Gasteiger charge is -2.31. The monoisotopic (exact) mass is 327 g/mol. The fraction of sp³-hybridized carbons (Fsp3) is 0.783. The summed E-state index contributed by atoms with van der Waals surface area (Å²) in [6, 6.07) is 2.02. The van der Waals surface area contributed by atoms with Crippen LogP contribution in [0.4, 0.5) is 0 Å². The third-order valence-corrected chi connectivity index (χ3v) is 6.65. The van der Waals surface area contributed by atoms with E-state index >= 15 is 0 Å². The van der Waals surface area contributed by atoms with Gasteiger partial charge in [0.2, 0.25) is 0 Å². The lowest BCUT2D eigenvalue weighted by Crippen LogP contribution is -2.18. The molecule has 0 spiro atoms. The Morgan fingerprint density at radius 1 is 0.750 bits per heavy atom. The molecule has 24 heavy (non-hydrogen) atoms. The fourth-order valence-electron chi connectivity index (χ4n) is 4.81. The molecule has 0 atom stereocenters. The maximum Gasteiger partial charge on any atom is 0.0912 e. The molecule has 0 aromatic carbocycles. The van der Waals surface area contributed by atoms with Crippen molar-refractivity contribution in [2.45, 2.75) is 90.4 Å². The van der Waals surface area contributed by atoms with Gasteiger partial charge in [-0.15, -0.1) is 0 Å². The molecule has 2 fully saturated rings. The first-order chi connectivity index (χ1) is 11.8. The SMILES string of the molecule is CC[C@H]1CC[C@H](CC[C@H]2CC[C@H](CC/C=C/C=C/C#N)CC2)CC1. The Labute approximate surface area is 150 Å². The van der Waals surface area contributed by atoms with Gasteiger partial charge >= 0.3 is 0 Å². The summed E-state index contributed by atoms with van der Waals surface area (Å²) >= 11 is 0. The molecule has 2 aliphatic rings. The van der Waals surface area contributed by atoms with E-state index in [0.29, 0.717) is 0 Å². The van der Waals surface area contributed by atoms with Crippen molar-refractivity contribution in [3.63, 3.8) is 0 Å². The molecule has 0 aromatic rings. The van der Waals surface area contributed by atoms with Gasteiger partial charge in [0.05, 0.1) is 6.07 Å². The van der Waals surface area contributed by atoms with Crippen molar-refractivity contribution in [3.8, 4) is 6.07 Å². The zero-order valence-electron chi connectivity index (χ0n) is 15.8. The summed E-state index contributed by atoms with van der Waals surface area (Å²) in [4.78, 5) is 0. The van der Waals surface area contributed by atoms with E-state index in [4.69, 9.17) is 5.26 Å². The predicted molar refractivity (Wildman–Crippen MR) is 104 cm³/mol. The van der Waals surface area contributed by atoms with Gasteiger partial charge in [-0.05, 0) is 36.5 Å². The third kappa shape index (κ3) is 7.25. The molecule has 2 rings (SSSR count). The number of nitriles is 1. The smallest absolute Gasteiger partial charge is 0.0912 e. The van der Waals surface area contributed by atoms with Crippen molar-refractivity contribution in [1.29, 1.82) is 5.26 Å². The third-order valence-electron chi connectivity index (χ3n) is 6.65. The fourth-order valence-corrected chi connectivity index (χ4v) is 4.81. The highest BCUT2D eigenvalue weighted by Crippen LogP contribution is 2.38. The van der Waals surface area contributed by atoms with Crippen LogP contribution in [-0.4, -0.2) is 0 Å². The molecule has 0 saturated heterocycles. The van der Waals surface area contributed by atoms with Crippen LogP contribution in [0.2, 0.25) is 0 Å². The van der Waals surface area contributed by atoms with E-state index < -0.39 is 0 Å². The Hall–Kier alpha value is -1.03. The second-order valence-corrected chi connectivity index (χ2v) is 8.25. The van der Waals surface area contributed by atoms with Crippen LogP contribution in [0.25, 0.3) is 0 Å². The largest absolute Gasteiger partial charge is 0.193 e. The van der Waals surface area contributed by atoms with Crippen LogP contribution in [0.1, 0.15) is 90.4 Å². The van der Waals surface area contributed by atoms with E-state index in [1.807, 2.05) is 18.2 Å². The average molecular weight is 328 g/mol. The van der Waals surface area contributed by atoms with E-state index in [1.165, 1.54) is 89.5 Å². The second kappa shape index (κ2) is 11.5. The van der Waals surface area contributed by atoms with Crippen molar-refractivity contribution >= 4 is 0 Å². The number of hydrogen-bond acceptors (Lipinski definition) is 1. The van der Waals surface area contributed by atoms with Gasteiger partial charge in [0.1, 0.15) is 0 Å². The van der Waals surface area contributed by atoms with Crippen LogP contribution in [0.3, 0.4) is 0 Å². The molecule has 0 unspecified atom stereocenters. The standard InChI is InChI=1S/C23H37N/c1-2-20-9-11-22(12-10-20)17-18-23-15-13-21(14-16-23)8-6-4-3-5-7-19-24/h3-5,7,20-23H,2,6,8-18H2,1H3/b4-3+,7-5+/t20-,21-,22-,23-. The van der Waals surface area contributed by atoms with Gasteiger partial charge < -0.3 is 0 Å². The van der Waals surface area contributed by atoms with E-state index in [2.05, 4.69) is 13.0 Å². The Balaban J connectivity index is 1.52. The summed E-state index contributed by atoms with van der Waals surface area (Å²) in [5.41, 5.74) is 0. The molecule has 2 saturated carbocycles. The maximum atomic E-state index is 8.43. The number of rotatable bonds is 8. The highest BCUT2D eigenvalue weighted by molar-refractivity contribution is 5.11. The summed E-state index contributed by atoms with van der Waals surface area (Å²) in [6.45, 7) is 2.36. The van der Waals surface area contributed by atoms with Gasteiger partial charge in [-0.1, -0.05) is 95.8 Å². The first-order valence-electron chi connectivity index (χ1n) is 10.5. The van der Waals surface area contributed by atoms with Crippen LogP contribution >= 0.6 is 0 Å². The molecule has 0 aromatic heterocycles. The van der Waals surface area contributed by atoms with Crippen LogP contribution in [-0.2, 0) is 0 Å². The van der Waals surface area contributed by atoms with Crippen LogP contribution in [0.15, 0.2) is 24.3 Å². The molecule has 0 bridgehead atoms. The minimum Gasteiger partial charge on any atom is -0.193 e. The molecule has 0 heterocycles. The van der Waals surface area contributed by atoms with Gasteiger partial charge in [-0.2, -0.15) is 5.26 Å². The average Bonchev–Trinajstić information content (AvgIpc) is 2.64. The molecule has 0 N–H and O–H groups in total. The summed E-state index contributed by atoms with van der Waals surface area (Å²) < 4.78 is 0. The topological polar surface area (TPSA) is 23.8 Å². The van der Waals surface area contributed by atoms with Gasteiger partial charge in [-0.25, -0.2) is 0 Å². The molecule has 0 aliphatic heterocycles. The van der Waals surface area contributed by atoms with Crippen molar-refractivity contribution < 1.29 is 0 Å². The molecule has 2 aliphatic carbocycles. The van der Waals surface area contributed by atoms with E-state index in [0.717, 1.165) is 23.7 Å². The first-order valence-corrected chi connectivity index (χ1v) is 10.5. The quantitative estimate of drug-likeness (QED) is 0.341. The zero-order chi connectivity index (χ0) is 17.0. The van der Waals surface area contributed by atoms with Crippen molar-refractivity contribution in [2.24, 2.45) is 23.7 Å². The minimum atomic E-state index is 0.950. The van der Waals surface area contributed by atoms with Gasteiger partial charge in [-0.3, -0.25) is 0 Å². The van der Waals surface area contributed by atoms with Crippen LogP contribution in [0, 0.1) is 35.0 Å². The normalized spacial score (nSPS) is 31.5. The molecule has 0 amide bonds. The van der Waals surface area contributed by atoms with E-state index in [9.17, 15) is 0 Å². The predicted octanol–water partition coefficient (Wildman–Crippen LogP) is 7.21. The first kappa shape index (κ1) is 19.3. The molecular weight excluding hydrogens is 290 g/mol. The lowest BCUT2D eigenvalue weighted by molar-refractivity contribution is 0.212. The molecule has 0 radical (unpaired) electrons. The van der Waals surface area contributed by atoms with Crippen molar-refractivity contribution in [1.82, 2.24) is 0 Å². The Morgan fingerprint density at radius 3 is 1.75 bits per heavy atom. The Bertz CT molecular complexity index is 412. The maximum absolute atomic E-state index is 8.43. The van der Waals surface area contributed by atoms with Crippen molar-refractivity contribution in [2.75, 3.05) is 0 Å². The van der Waals surface area contributed by atoms with Gasteiger partial charge in [0.25, 0.3) is 0 Å². The van der Waals surface area contributed by atoms with E-state index in [-0.39, 0.29) is 0 Å². The van der Waals surface area contributed by atoms with E-state index in [1.54, 1.807) is 0 Å². The lowest BCUT2D eigenvalue weighted by atomic mass is 9.74. The number of allylic oxidation sites excluding steroid dienone is 4. The van der Waals surface area contributed by atoms with Gasteiger partial charge in [0, 0.05) is 6.08 Å². The summed E-state index contributed by atoms with van der Waals surface area (Å²) in [6.07, 6.45) is 26.4. The molecule has 1 heteroatoms. The van der Waals surface area contributed by atoms with Gasteiger partial charge in [0.15, 0.2) is 0 Å². The Kier molecular flexibility index (Phi) is 9.26. The highest BCUT2D eigenvalue weighted by atomic mass is 14.3. The number of hydrogen-bond donors (Lipinski definition) is 0. The Morgan fingerprint density at radius 2 is 1.25 bits per heavy atom. The summed E-state index contributed by atoms with van der Waals surface area (Å²) in [5, 5.41) is 8.43. The van der Waals surface area contributed by atoms with Crippen LogP contribution < -0.4 is 0 Å². The number of nitrogens with zero attached hydrogens (tertiary/aromatic N) is 1. The molecular formula is C23H37N. The van der Waals surface area contributed by atoms with Crippen LogP contribution in [0.5, 0.6) is 0 Å². The minimum absolute atomic E-state index is 0.950. The second-order valence-electron chi connectivity index (χ2n) is 8.25.